The van der Waals surface area contributed by atoms with Crippen LogP contribution in [0.15, 0.2) is 18.2 Å². The molecule has 1 aliphatic rings. The van der Waals surface area contributed by atoms with Crippen LogP contribution in [0.25, 0.3) is 0 Å². The van der Waals surface area contributed by atoms with Gasteiger partial charge in [-0.2, -0.15) is 0 Å². The molecule has 1 aromatic rings. The summed E-state index contributed by atoms with van der Waals surface area (Å²) < 4.78 is 0. The lowest BCUT2D eigenvalue weighted by Crippen LogP contribution is -2.25. The molecule has 0 radical (unpaired) electrons. The zero-order valence-corrected chi connectivity index (χ0v) is 11.4. The number of hydrogen-bond donors (Lipinski definition) is 1. The molecular formula is C16H25N. The van der Waals surface area contributed by atoms with Crippen LogP contribution in [0, 0.1) is 19.8 Å². The molecule has 94 valence electrons. The molecule has 0 bridgehead atoms. The van der Waals surface area contributed by atoms with Crippen LogP contribution in [0.1, 0.15) is 42.9 Å². The van der Waals surface area contributed by atoms with Crippen molar-refractivity contribution < 1.29 is 0 Å². The summed E-state index contributed by atoms with van der Waals surface area (Å²) in [6.07, 6.45) is 5.27. The first kappa shape index (κ1) is 12.6. The molecule has 0 saturated heterocycles. The third-order valence-corrected chi connectivity index (χ3v) is 3.66. The van der Waals surface area contributed by atoms with Gasteiger partial charge in [-0.05, 0) is 51.1 Å². The van der Waals surface area contributed by atoms with Crippen LogP contribution < -0.4 is 5.32 Å². The molecule has 1 nitrogen and oxygen atoms in total. The van der Waals surface area contributed by atoms with Crippen molar-refractivity contribution in [1.29, 1.82) is 0 Å². The largest absolute Gasteiger partial charge is 0.314 e. The van der Waals surface area contributed by atoms with Crippen molar-refractivity contribution in [2.24, 2.45) is 5.92 Å². The summed E-state index contributed by atoms with van der Waals surface area (Å²) in [5.41, 5.74) is 4.29. The Kier molecular flexibility index (Phi) is 4.22. The molecule has 0 spiro atoms. The molecule has 1 fully saturated rings. The Hall–Kier alpha value is -0.820. The quantitative estimate of drug-likeness (QED) is 0.788. The topological polar surface area (TPSA) is 12.0 Å². The maximum Gasteiger partial charge on any atom is 0.00683 e. The van der Waals surface area contributed by atoms with Crippen molar-refractivity contribution >= 4 is 0 Å². The van der Waals surface area contributed by atoms with Crippen molar-refractivity contribution in [2.75, 3.05) is 6.54 Å². The first-order valence-electron chi connectivity index (χ1n) is 6.98. The lowest BCUT2D eigenvalue weighted by Gasteiger charge is -2.16. The highest BCUT2D eigenvalue weighted by atomic mass is 14.9. The van der Waals surface area contributed by atoms with E-state index in [1.54, 1.807) is 0 Å². The fourth-order valence-corrected chi connectivity index (χ4v) is 2.50. The van der Waals surface area contributed by atoms with E-state index in [1.165, 1.54) is 48.9 Å². The molecule has 1 saturated carbocycles. The van der Waals surface area contributed by atoms with Crippen LogP contribution in [-0.4, -0.2) is 12.6 Å². The van der Waals surface area contributed by atoms with E-state index in [9.17, 15) is 0 Å². The SMILES string of the molecule is CCC(CNC1CC1)Cc1cc(C)cc(C)c1. The van der Waals surface area contributed by atoms with E-state index in [0.717, 1.165) is 12.0 Å². The van der Waals surface area contributed by atoms with E-state index < -0.39 is 0 Å². The molecule has 1 aliphatic carbocycles. The molecule has 1 aromatic carbocycles. The van der Waals surface area contributed by atoms with Crippen LogP contribution in [-0.2, 0) is 6.42 Å². The van der Waals surface area contributed by atoms with E-state index >= 15 is 0 Å². The molecule has 0 aliphatic heterocycles. The smallest absolute Gasteiger partial charge is 0.00683 e. The van der Waals surface area contributed by atoms with Crippen molar-refractivity contribution in [2.45, 2.75) is 52.5 Å². The van der Waals surface area contributed by atoms with Crippen LogP contribution >= 0.6 is 0 Å². The van der Waals surface area contributed by atoms with Crippen LogP contribution in [0.2, 0.25) is 0 Å². The molecule has 0 aromatic heterocycles. The molecule has 1 atom stereocenters. The van der Waals surface area contributed by atoms with Gasteiger partial charge in [0.1, 0.15) is 0 Å². The second-order valence-electron chi connectivity index (χ2n) is 5.66. The molecule has 0 amide bonds. The van der Waals surface area contributed by atoms with Gasteiger partial charge in [-0.15, -0.1) is 0 Å². The Bertz CT molecular complexity index is 346. The van der Waals surface area contributed by atoms with E-state index in [0.29, 0.717) is 0 Å². The average molecular weight is 231 g/mol. The van der Waals surface area contributed by atoms with Crippen molar-refractivity contribution in [3.63, 3.8) is 0 Å². The summed E-state index contributed by atoms with van der Waals surface area (Å²) in [5, 5.41) is 3.66. The van der Waals surface area contributed by atoms with Crippen LogP contribution in [0.4, 0.5) is 0 Å². The van der Waals surface area contributed by atoms with Crippen LogP contribution in [0.5, 0.6) is 0 Å². The Morgan fingerprint density at radius 1 is 1.18 bits per heavy atom. The normalized spacial score (nSPS) is 17.1. The molecule has 1 heteroatoms. The minimum atomic E-state index is 0.789. The summed E-state index contributed by atoms with van der Waals surface area (Å²) >= 11 is 0. The lowest BCUT2D eigenvalue weighted by atomic mass is 9.94. The maximum absolute atomic E-state index is 3.66. The molecule has 2 rings (SSSR count). The van der Waals surface area contributed by atoms with E-state index in [4.69, 9.17) is 0 Å². The summed E-state index contributed by atoms with van der Waals surface area (Å²) in [6.45, 7) is 7.88. The fourth-order valence-electron chi connectivity index (χ4n) is 2.50. The second kappa shape index (κ2) is 5.68. The predicted molar refractivity (Wildman–Crippen MR) is 74.4 cm³/mol. The molecule has 0 heterocycles. The van der Waals surface area contributed by atoms with Gasteiger partial charge in [0.2, 0.25) is 0 Å². The van der Waals surface area contributed by atoms with Gasteiger partial charge in [0.15, 0.2) is 0 Å². The van der Waals surface area contributed by atoms with Gasteiger partial charge in [0.05, 0.1) is 0 Å². The summed E-state index contributed by atoms with van der Waals surface area (Å²) in [5.74, 6) is 0.789. The zero-order chi connectivity index (χ0) is 12.3. The predicted octanol–water partition coefficient (Wildman–Crippen LogP) is 3.62. The summed E-state index contributed by atoms with van der Waals surface area (Å²) in [4.78, 5) is 0. The highest BCUT2D eigenvalue weighted by molar-refractivity contribution is 5.28. The first-order valence-corrected chi connectivity index (χ1v) is 6.98. The van der Waals surface area contributed by atoms with E-state index in [2.05, 4.69) is 44.3 Å². The van der Waals surface area contributed by atoms with Gasteiger partial charge >= 0.3 is 0 Å². The maximum atomic E-state index is 3.66. The van der Waals surface area contributed by atoms with Gasteiger partial charge in [-0.25, -0.2) is 0 Å². The van der Waals surface area contributed by atoms with Gasteiger partial charge in [-0.1, -0.05) is 42.7 Å². The third-order valence-electron chi connectivity index (χ3n) is 3.66. The lowest BCUT2D eigenvalue weighted by molar-refractivity contribution is 0.458. The van der Waals surface area contributed by atoms with Crippen molar-refractivity contribution in [1.82, 2.24) is 5.32 Å². The van der Waals surface area contributed by atoms with Crippen molar-refractivity contribution in [3.05, 3.63) is 34.9 Å². The summed E-state index contributed by atoms with van der Waals surface area (Å²) in [6, 6.07) is 7.77. The number of rotatable bonds is 6. The zero-order valence-electron chi connectivity index (χ0n) is 11.4. The van der Waals surface area contributed by atoms with E-state index in [1.807, 2.05) is 0 Å². The second-order valence-corrected chi connectivity index (χ2v) is 5.66. The van der Waals surface area contributed by atoms with Crippen molar-refractivity contribution in [3.8, 4) is 0 Å². The molecule has 17 heavy (non-hydrogen) atoms. The number of nitrogens with one attached hydrogen (secondary N) is 1. The van der Waals surface area contributed by atoms with Gasteiger partial charge in [-0.3, -0.25) is 0 Å². The minimum absolute atomic E-state index is 0.789. The van der Waals surface area contributed by atoms with Gasteiger partial charge < -0.3 is 5.32 Å². The monoisotopic (exact) mass is 231 g/mol. The Morgan fingerprint density at radius 2 is 1.82 bits per heavy atom. The number of aryl methyl sites for hydroxylation is 2. The minimum Gasteiger partial charge on any atom is -0.314 e. The van der Waals surface area contributed by atoms with E-state index in [-0.39, 0.29) is 0 Å². The highest BCUT2D eigenvalue weighted by Gasteiger charge is 2.21. The number of hydrogen-bond acceptors (Lipinski definition) is 1. The van der Waals surface area contributed by atoms with Crippen LogP contribution in [0.3, 0.4) is 0 Å². The Labute approximate surface area is 106 Å². The summed E-state index contributed by atoms with van der Waals surface area (Å²) in [7, 11) is 0. The first-order chi connectivity index (χ1) is 8.17. The molecule has 1 unspecified atom stereocenters. The molecule has 1 N–H and O–H groups in total. The fraction of sp³-hybridized carbons (Fsp3) is 0.625. The third kappa shape index (κ3) is 4.16. The standard InChI is InChI=1S/C16H25N/c1-4-14(11-17-16-5-6-16)10-15-8-12(2)7-13(3)9-15/h7-9,14,16-17H,4-6,10-11H2,1-3H3. The molecular weight excluding hydrogens is 206 g/mol. The van der Waals surface area contributed by atoms with Gasteiger partial charge in [0, 0.05) is 6.04 Å². The highest BCUT2D eigenvalue weighted by Crippen LogP contribution is 2.20. The average Bonchev–Trinajstić information content (AvgIpc) is 3.06. The Balaban J connectivity index is 1.91. The van der Waals surface area contributed by atoms with Gasteiger partial charge in [0.25, 0.3) is 0 Å². The Morgan fingerprint density at radius 3 is 2.35 bits per heavy atom. The number of benzene rings is 1.